The molecule has 1 saturated heterocycles. The molecule has 0 aromatic heterocycles. The number of ether oxygens (including phenoxy) is 1. The molecule has 0 bridgehead atoms. The first-order chi connectivity index (χ1) is 10.6. The third kappa shape index (κ3) is 3.90. The Hall–Kier alpha value is -0.440. The molecule has 3 fully saturated rings. The normalized spacial score (nSPS) is 40.5. The van der Waals surface area contributed by atoms with Gasteiger partial charge in [-0.15, -0.1) is 0 Å². The van der Waals surface area contributed by atoms with Crippen molar-refractivity contribution in [3.05, 3.63) is 11.7 Å². The molecule has 3 aliphatic rings. The zero-order valence-electron chi connectivity index (χ0n) is 13.8. The third-order valence-corrected chi connectivity index (χ3v) is 6.50. The Bertz CT molecular complexity index is 376. The van der Waals surface area contributed by atoms with Crippen LogP contribution in [-0.4, -0.2) is 12.7 Å². The highest BCUT2D eigenvalue weighted by Crippen LogP contribution is 2.41. The Labute approximate surface area is 133 Å². The zero-order chi connectivity index (χ0) is 15.5. The fourth-order valence-corrected chi connectivity index (χ4v) is 4.84. The second-order valence-corrected chi connectivity index (χ2v) is 7.93. The Morgan fingerprint density at radius 2 is 1.45 bits per heavy atom. The van der Waals surface area contributed by atoms with Gasteiger partial charge in [0.15, 0.2) is 0 Å². The Kier molecular flexibility index (Phi) is 5.54. The van der Waals surface area contributed by atoms with Gasteiger partial charge in [-0.1, -0.05) is 19.8 Å². The van der Waals surface area contributed by atoms with E-state index >= 15 is 0 Å². The highest BCUT2D eigenvalue weighted by Gasteiger charge is 2.34. The van der Waals surface area contributed by atoms with E-state index in [2.05, 4.69) is 6.92 Å². The summed E-state index contributed by atoms with van der Waals surface area (Å²) in [5, 5.41) is 0. The predicted molar refractivity (Wildman–Crippen MR) is 84.8 cm³/mol. The predicted octanol–water partition coefficient (Wildman–Crippen LogP) is 5.95. The topological polar surface area (TPSA) is 9.23 Å². The highest BCUT2D eigenvalue weighted by atomic mass is 19.3. The maximum Gasteiger partial charge on any atom is 0.269 e. The second kappa shape index (κ2) is 7.42. The van der Waals surface area contributed by atoms with Gasteiger partial charge in [0, 0.05) is 0 Å². The minimum atomic E-state index is -1.44. The first kappa shape index (κ1) is 16.4. The summed E-state index contributed by atoms with van der Waals surface area (Å²) in [6, 6.07) is 0. The van der Waals surface area contributed by atoms with Crippen LogP contribution in [0.5, 0.6) is 0 Å². The summed E-state index contributed by atoms with van der Waals surface area (Å²) in [4.78, 5) is 0. The standard InChI is InChI=1S/C19H30F2O/c1-13-2-4-14(5-3-13)17-10-11-18(22-12-17)15-6-8-16(9-7-15)19(20)21/h13-15,17-18H,2-12H2,1H3. The molecule has 1 nitrogen and oxygen atoms in total. The first-order valence-electron chi connectivity index (χ1n) is 9.28. The molecule has 0 spiro atoms. The Morgan fingerprint density at radius 1 is 0.818 bits per heavy atom. The summed E-state index contributed by atoms with van der Waals surface area (Å²) in [7, 11) is 0. The lowest BCUT2D eigenvalue weighted by Crippen LogP contribution is -2.36. The Morgan fingerprint density at radius 3 is 2.00 bits per heavy atom. The molecule has 2 unspecified atom stereocenters. The van der Waals surface area contributed by atoms with Crippen LogP contribution in [0, 0.1) is 23.7 Å². The molecular formula is C19H30F2O. The van der Waals surface area contributed by atoms with Gasteiger partial charge in [-0.25, -0.2) is 0 Å². The molecule has 2 atom stereocenters. The summed E-state index contributed by atoms with van der Waals surface area (Å²) in [5.74, 6) is 3.05. The van der Waals surface area contributed by atoms with E-state index in [4.69, 9.17) is 4.74 Å². The molecule has 22 heavy (non-hydrogen) atoms. The quantitative estimate of drug-likeness (QED) is 0.612. The largest absolute Gasteiger partial charge is 0.378 e. The van der Waals surface area contributed by atoms with E-state index in [9.17, 15) is 8.78 Å². The smallest absolute Gasteiger partial charge is 0.269 e. The number of hydrogen-bond acceptors (Lipinski definition) is 1. The van der Waals surface area contributed by atoms with Crippen molar-refractivity contribution < 1.29 is 13.5 Å². The molecule has 2 saturated carbocycles. The molecule has 0 radical (unpaired) electrons. The fraction of sp³-hybridized carbons (Fsp3) is 0.895. The third-order valence-electron chi connectivity index (χ3n) is 6.50. The molecular weight excluding hydrogens is 282 g/mol. The van der Waals surface area contributed by atoms with Crippen LogP contribution in [0.25, 0.3) is 0 Å². The molecule has 0 aromatic carbocycles. The minimum absolute atomic E-state index is 0.336. The van der Waals surface area contributed by atoms with Gasteiger partial charge in [0.2, 0.25) is 0 Å². The van der Waals surface area contributed by atoms with E-state index in [0.717, 1.165) is 43.6 Å². The molecule has 2 aliphatic carbocycles. The van der Waals surface area contributed by atoms with Crippen LogP contribution in [0.2, 0.25) is 0 Å². The number of hydrogen-bond donors (Lipinski definition) is 0. The van der Waals surface area contributed by atoms with Crippen molar-refractivity contribution in [2.45, 2.75) is 77.2 Å². The van der Waals surface area contributed by atoms with Gasteiger partial charge in [-0.3, -0.25) is 0 Å². The zero-order valence-corrected chi connectivity index (χ0v) is 13.8. The van der Waals surface area contributed by atoms with Crippen LogP contribution in [0.15, 0.2) is 11.7 Å². The first-order valence-corrected chi connectivity index (χ1v) is 9.28. The van der Waals surface area contributed by atoms with E-state index in [1.807, 2.05) is 0 Å². The van der Waals surface area contributed by atoms with E-state index in [0.29, 0.717) is 30.4 Å². The molecule has 0 aromatic rings. The van der Waals surface area contributed by atoms with Crippen molar-refractivity contribution in [1.82, 2.24) is 0 Å². The number of allylic oxidation sites excluding steroid dienone is 1. The molecule has 0 N–H and O–H groups in total. The summed E-state index contributed by atoms with van der Waals surface area (Å²) >= 11 is 0. The SMILES string of the molecule is CC1CCC(C2CCC(C3CCC(=C(F)F)CC3)OC2)CC1. The number of halogens is 2. The van der Waals surface area contributed by atoms with Crippen molar-refractivity contribution in [2.24, 2.45) is 23.7 Å². The lowest BCUT2D eigenvalue weighted by Gasteiger charge is -2.40. The van der Waals surface area contributed by atoms with Crippen molar-refractivity contribution in [2.75, 3.05) is 6.61 Å². The number of rotatable bonds is 2. The highest BCUT2D eigenvalue weighted by molar-refractivity contribution is 5.06. The van der Waals surface area contributed by atoms with Crippen LogP contribution in [0.1, 0.15) is 71.1 Å². The van der Waals surface area contributed by atoms with Gasteiger partial charge in [0.25, 0.3) is 6.08 Å². The lowest BCUT2D eigenvalue weighted by atomic mass is 9.73. The average molecular weight is 312 g/mol. The van der Waals surface area contributed by atoms with Gasteiger partial charge in [-0.2, -0.15) is 8.78 Å². The molecule has 1 aliphatic heterocycles. The van der Waals surface area contributed by atoms with E-state index in [1.165, 1.54) is 32.1 Å². The molecule has 0 amide bonds. The maximum absolute atomic E-state index is 12.6. The van der Waals surface area contributed by atoms with Gasteiger partial charge >= 0.3 is 0 Å². The van der Waals surface area contributed by atoms with Crippen LogP contribution >= 0.6 is 0 Å². The van der Waals surface area contributed by atoms with Gasteiger partial charge in [0.05, 0.1) is 12.7 Å². The molecule has 3 rings (SSSR count). The minimum Gasteiger partial charge on any atom is -0.378 e. The van der Waals surface area contributed by atoms with Crippen molar-refractivity contribution in [3.63, 3.8) is 0 Å². The summed E-state index contributed by atoms with van der Waals surface area (Å²) in [6.07, 6.45) is 9.82. The van der Waals surface area contributed by atoms with Crippen molar-refractivity contribution in [1.29, 1.82) is 0 Å². The van der Waals surface area contributed by atoms with Crippen LogP contribution < -0.4 is 0 Å². The van der Waals surface area contributed by atoms with Gasteiger partial charge < -0.3 is 4.74 Å². The van der Waals surface area contributed by atoms with E-state index in [-0.39, 0.29) is 0 Å². The van der Waals surface area contributed by atoms with Crippen molar-refractivity contribution >= 4 is 0 Å². The van der Waals surface area contributed by atoms with E-state index < -0.39 is 6.08 Å². The van der Waals surface area contributed by atoms with Gasteiger partial charge in [-0.05, 0) is 80.6 Å². The molecule has 126 valence electrons. The van der Waals surface area contributed by atoms with Crippen LogP contribution in [0.4, 0.5) is 8.78 Å². The van der Waals surface area contributed by atoms with Crippen LogP contribution in [0.3, 0.4) is 0 Å². The van der Waals surface area contributed by atoms with Crippen LogP contribution in [-0.2, 0) is 4.74 Å². The summed E-state index contributed by atoms with van der Waals surface area (Å²) < 4.78 is 31.4. The molecule has 1 heterocycles. The fourth-order valence-electron chi connectivity index (χ4n) is 4.84. The molecule has 3 heteroatoms. The second-order valence-electron chi connectivity index (χ2n) is 7.93. The van der Waals surface area contributed by atoms with Gasteiger partial charge in [0.1, 0.15) is 0 Å². The maximum atomic E-state index is 12.6. The lowest BCUT2D eigenvalue weighted by molar-refractivity contribution is -0.0696. The summed E-state index contributed by atoms with van der Waals surface area (Å²) in [6.45, 7) is 3.29. The van der Waals surface area contributed by atoms with Crippen molar-refractivity contribution in [3.8, 4) is 0 Å². The average Bonchev–Trinajstić information content (AvgIpc) is 2.56. The van der Waals surface area contributed by atoms with E-state index in [1.54, 1.807) is 0 Å². The monoisotopic (exact) mass is 312 g/mol. The Balaban J connectivity index is 1.43. The summed E-state index contributed by atoms with van der Waals surface area (Å²) in [5.41, 5.74) is 0.390.